The van der Waals surface area contributed by atoms with E-state index in [1.54, 1.807) is 0 Å². The molecule has 0 atom stereocenters. The Morgan fingerprint density at radius 1 is 1.44 bits per heavy atom. The molecule has 1 nitrogen and oxygen atoms in total. The van der Waals surface area contributed by atoms with Gasteiger partial charge in [-0.05, 0) is 79.5 Å². The second kappa shape index (κ2) is 6.48. The Bertz CT molecular complexity index is 156. The molecule has 0 aliphatic heterocycles. The lowest BCUT2D eigenvalue weighted by atomic mass is 10.8. The van der Waals surface area contributed by atoms with Crippen LogP contribution in [-0.4, -0.2) is 5.75 Å². The van der Waals surface area contributed by atoms with Crippen LogP contribution in [0.2, 0.25) is 0 Å². The molecule has 0 saturated heterocycles. The highest BCUT2D eigenvalue weighted by molar-refractivity contribution is 14.2. The predicted octanol–water partition coefficient (Wildman–Crippen LogP) is 3.67. The quantitative estimate of drug-likeness (QED) is 0.448. The highest BCUT2D eigenvalue weighted by atomic mass is 127. The summed E-state index contributed by atoms with van der Waals surface area (Å²) < 4.78 is 2.49. The normalized spacial score (nSPS) is 8.22. The zero-order chi connectivity index (χ0) is 7.28. The van der Waals surface area contributed by atoms with Crippen molar-refractivity contribution < 1.29 is 0 Å². The number of nitriles is 1. The Morgan fingerprint density at radius 3 is 2.33 bits per heavy atom. The van der Waals surface area contributed by atoms with Crippen LogP contribution >= 0.6 is 79.5 Å². The topological polar surface area (TPSA) is 23.8 Å². The summed E-state index contributed by atoms with van der Waals surface area (Å²) in [4.78, 5) is 0. The molecule has 0 unspecified atom stereocenters. The van der Waals surface area contributed by atoms with Gasteiger partial charge >= 0.3 is 0 Å². The first-order valence-corrected chi connectivity index (χ1v) is 6.11. The van der Waals surface area contributed by atoms with Crippen LogP contribution in [0.25, 0.3) is 0 Å². The van der Waals surface area contributed by atoms with E-state index < -0.39 is 0 Å². The molecule has 0 aromatic rings. The molecule has 0 bridgehead atoms. The summed E-state index contributed by atoms with van der Waals surface area (Å²) >= 11 is 8.01. The van der Waals surface area contributed by atoms with Gasteiger partial charge in [0.25, 0.3) is 0 Å². The van der Waals surface area contributed by atoms with Crippen molar-refractivity contribution in [2.45, 2.75) is 0 Å². The number of thioether (sulfide) groups is 1. The van der Waals surface area contributed by atoms with Gasteiger partial charge in [-0.25, -0.2) is 0 Å². The van der Waals surface area contributed by atoms with Crippen molar-refractivity contribution in [3.05, 3.63) is 5.17 Å². The zero-order valence-electron chi connectivity index (χ0n) is 4.20. The van der Waals surface area contributed by atoms with Crippen LogP contribution in [0.15, 0.2) is 5.17 Å². The van der Waals surface area contributed by atoms with E-state index in [0.717, 1.165) is 5.75 Å². The Labute approximate surface area is 99.4 Å². The van der Waals surface area contributed by atoms with Crippen molar-refractivity contribution in [3.63, 3.8) is 0 Å². The zero-order valence-corrected chi connectivity index (χ0v) is 11.5. The lowest BCUT2D eigenvalue weighted by Gasteiger charge is -1.91. The largest absolute Gasteiger partial charge is 0.185 e. The molecule has 0 radical (unpaired) electrons. The van der Waals surface area contributed by atoms with E-state index in [1.807, 2.05) is 5.40 Å². The Balaban J connectivity index is 3.67. The second-order valence-corrected chi connectivity index (χ2v) is 7.33. The van der Waals surface area contributed by atoms with Gasteiger partial charge in [-0.2, -0.15) is 5.26 Å². The fraction of sp³-hybridized carbons (Fsp3) is 0.250. The van der Waals surface area contributed by atoms with Gasteiger partial charge in [0.05, 0.1) is 1.59 Å². The van der Waals surface area contributed by atoms with Crippen LogP contribution in [0.4, 0.5) is 0 Å². The van der Waals surface area contributed by atoms with Gasteiger partial charge in [-0.1, -0.05) is 0 Å². The monoisotopic (exact) mass is 477 g/mol. The minimum Gasteiger partial charge on any atom is -0.185 e. The van der Waals surface area contributed by atoms with Crippen molar-refractivity contribution in [2.75, 3.05) is 5.75 Å². The summed E-state index contributed by atoms with van der Waals surface area (Å²) in [6.45, 7) is 0. The Kier molecular flexibility index (Phi) is 7.75. The molecule has 0 heterocycles. The van der Waals surface area contributed by atoms with Crippen molar-refractivity contribution in [1.29, 1.82) is 5.26 Å². The third-order valence-electron chi connectivity index (χ3n) is 0.469. The molecule has 0 N–H and O–H groups in total. The summed E-state index contributed by atoms with van der Waals surface area (Å²) in [6, 6.07) is 0. The maximum Gasteiger partial charge on any atom is 0.133 e. The minimum atomic E-state index is 0.818. The van der Waals surface area contributed by atoms with Gasteiger partial charge in [0.15, 0.2) is 0 Å². The average molecular weight is 477 g/mol. The van der Waals surface area contributed by atoms with E-state index in [0.29, 0.717) is 0 Å². The lowest BCUT2D eigenvalue weighted by Crippen LogP contribution is -1.73. The summed E-state index contributed by atoms with van der Waals surface area (Å²) in [5.74, 6) is 0.818. The van der Waals surface area contributed by atoms with Crippen LogP contribution in [0.3, 0.4) is 0 Å². The van der Waals surface area contributed by atoms with Gasteiger partial charge in [0.1, 0.15) is 5.40 Å². The fourth-order valence-electron chi connectivity index (χ4n) is 0.150. The van der Waals surface area contributed by atoms with Crippen molar-refractivity contribution in [1.82, 2.24) is 0 Å². The number of nitrogens with zero attached hydrogens (tertiary/aromatic N) is 1. The molecular formula is C4H2I3NS. The molecule has 5 heteroatoms. The molecule has 0 spiro atoms. The third kappa shape index (κ3) is 6.18. The van der Waals surface area contributed by atoms with Crippen LogP contribution in [0.5, 0.6) is 0 Å². The highest BCUT2D eigenvalue weighted by Gasteiger charge is 1.95. The summed E-state index contributed by atoms with van der Waals surface area (Å²) in [5, 5.41) is 10.2. The van der Waals surface area contributed by atoms with E-state index in [2.05, 4.69) is 67.8 Å². The van der Waals surface area contributed by atoms with E-state index >= 15 is 0 Å². The molecule has 0 fully saturated rings. The number of thiocyanates is 1. The standard InChI is InChI=1S/C4H2I3NS/c5-3(4(6)7)1-9-2-8/h1H2. The first kappa shape index (κ1) is 10.8. The van der Waals surface area contributed by atoms with Crippen LogP contribution in [0.1, 0.15) is 0 Å². The van der Waals surface area contributed by atoms with E-state index in [9.17, 15) is 0 Å². The first-order valence-electron chi connectivity index (χ1n) is 1.89. The molecular weight excluding hydrogens is 475 g/mol. The van der Waals surface area contributed by atoms with Gasteiger partial charge in [0.2, 0.25) is 0 Å². The molecule has 0 aliphatic rings. The SMILES string of the molecule is N#CSCC(I)=C(I)I. The molecule has 0 amide bonds. The van der Waals surface area contributed by atoms with Gasteiger partial charge in [-0.3, -0.25) is 0 Å². The third-order valence-corrected chi connectivity index (χ3v) is 5.84. The van der Waals surface area contributed by atoms with E-state index in [4.69, 9.17) is 5.26 Å². The van der Waals surface area contributed by atoms with Crippen LogP contribution < -0.4 is 0 Å². The minimum absolute atomic E-state index is 0.818. The van der Waals surface area contributed by atoms with Gasteiger partial charge in [-0.15, -0.1) is 0 Å². The predicted molar refractivity (Wildman–Crippen MR) is 67.2 cm³/mol. The average Bonchev–Trinajstić information content (AvgIpc) is 1.82. The first-order chi connectivity index (χ1) is 4.18. The maximum atomic E-state index is 8.18. The number of hydrogen-bond acceptors (Lipinski definition) is 2. The smallest absolute Gasteiger partial charge is 0.133 e. The van der Waals surface area contributed by atoms with Crippen molar-refractivity contribution in [2.24, 2.45) is 0 Å². The van der Waals surface area contributed by atoms with E-state index in [-0.39, 0.29) is 0 Å². The molecule has 0 aliphatic carbocycles. The number of rotatable bonds is 2. The highest BCUT2D eigenvalue weighted by Crippen LogP contribution is 2.27. The molecule has 0 rings (SSSR count). The molecule has 0 aromatic carbocycles. The van der Waals surface area contributed by atoms with Crippen LogP contribution in [0, 0.1) is 10.7 Å². The summed E-state index contributed by atoms with van der Waals surface area (Å²) in [6.07, 6.45) is 0. The number of halogens is 3. The molecule has 50 valence electrons. The lowest BCUT2D eigenvalue weighted by molar-refractivity contribution is 1.57. The van der Waals surface area contributed by atoms with E-state index in [1.165, 1.54) is 16.9 Å². The molecule has 0 saturated carbocycles. The van der Waals surface area contributed by atoms with Crippen molar-refractivity contribution in [3.8, 4) is 5.40 Å². The summed E-state index contributed by atoms with van der Waals surface area (Å²) in [5.41, 5.74) is 0. The van der Waals surface area contributed by atoms with Gasteiger partial charge in [0, 0.05) is 9.33 Å². The molecule has 9 heavy (non-hydrogen) atoms. The number of hydrogen-bond donors (Lipinski definition) is 0. The van der Waals surface area contributed by atoms with Crippen LogP contribution in [-0.2, 0) is 0 Å². The van der Waals surface area contributed by atoms with Gasteiger partial charge < -0.3 is 0 Å². The fourth-order valence-corrected chi connectivity index (χ4v) is 1.85. The Hall–Kier alpha value is 1.77. The van der Waals surface area contributed by atoms with Crippen molar-refractivity contribution >= 4 is 79.5 Å². The maximum absolute atomic E-state index is 8.18. The summed E-state index contributed by atoms with van der Waals surface area (Å²) in [7, 11) is 0. The second-order valence-electron chi connectivity index (χ2n) is 1.05. The Morgan fingerprint density at radius 2 is 2.00 bits per heavy atom. The molecule has 0 aromatic heterocycles.